The SMILES string of the molecule is CCCCOc1nc(N)c2n[nH]c(Cc3ccc(CN4CCN(C(=O)[C@H](O)C5CC5)CC4)cc3)c2n1. The van der Waals surface area contributed by atoms with Crippen molar-refractivity contribution in [3.63, 3.8) is 0 Å². The van der Waals surface area contributed by atoms with Crippen LogP contribution in [0.1, 0.15) is 49.4 Å². The van der Waals surface area contributed by atoms with Crippen LogP contribution in [0.4, 0.5) is 5.82 Å². The van der Waals surface area contributed by atoms with Gasteiger partial charge in [-0.25, -0.2) is 0 Å². The fraction of sp³-hybridized carbons (Fsp3) is 0.538. The molecule has 1 aliphatic heterocycles. The normalized spacial score (nSPS) is 17.4. The number of nitrogens with two attached hydrogens (primary N) is 1. The van der Waals surface area contributed by atoms with E-state index in [-0.39, 0.29) is 17.8 Å². The molecule has 0 bridgehead atoms. The molecule has 3 heterocycles. The smallest absolute Gasteiger partial charge is 0.319 e. The third-order valence-corrected chi connectivity index (χ3v) is 7.02. The first kappa shape index (κ1) is 24.5. The Kier molecular flexibility index (Phi) is 7.33. The summed E-state index contributed by atoms with van der Waals surface area (Å²) in [5.41, 5.74) is 10.6. The first-order valence-electron chi connectivity index (χ1n) is 12.9. The molecule has 10 nitrogen and oxygen atoms in total. The quantitative estimate of drug-likeness (QED) is 0.366. The Morgan fingerprint density at radius 3 is 2.56 bits per heavy atom. The number of nitrogen functional groups attached to an aromatic ring is 1. The van der Waals surface area contributed by atoms with Crippen LogP contribution in [0.15, 0.2) is 24.3 Å². The maximum atomic E-state index is 12.4. The lowest BCUT2D eigenvalue weighted by atomic mass is 10.1. The Hall–Kier alpha value is -3.24. The average molecular weight is 494 g/mol. The van der Waals surface area contributed by atoms with Crippen LogP contribution in [-0.2, 0) is 17.8 Å². The fourth-order valence-electron chi connectivity index (χ4n) is 4.60. The third kappa shape index (κ3) is 5.60. The maximum Gasteiger partial charge on any atom is 0.319 e. The topological polar surface area (TPSA) is 133 Å². The van der Waals surface area contributed by atoms with E-state index in [2.05, 4.69) is 56.3 Å². The number of ether oxygens (including phenoxy) is 1. The number of H-pyrrole nitrogens is 1. The molecule has 192 valence electrons. The van der Waals surface area contributed by atoms with Gasteiger partial charge in [0.1, 0.15) is 11.6 Å². The molecule has 2 aromatic heterocycles. The highest BCUT2D eigenvalue weighted by molar-refractivity contribution is 5.86. The molecule has 1 aromatic carbocycles. The molecule has 10 heteroatoms. The van der Waals surface area contributed by atoms with E-state index in [0.717, 1.165) is 56.6 Å². The number of hydrogen-bond acceptors (Lipinski definition) is 8. The van der Waals surface area contributed by atoms with Gasteiger partial charge in [-0.15, -0.1) is 0 Å². The summed E-state index contributed by atoms with van der Waals surface area (Å²) in [5.74, 6) is 0.396. The minimum absolute atomic E-state index is 0.0977. The van der Waals surface area contributed by atoms with Crippen molar-refractivity contribution in [3.05, 3.63) is 41.1 Å². The van der Waals surface area contributed by atoms with Crippen LogP contribution in [0.3, 0.4) is 0 Å². The molecule has 1 aliphatic carbocycles. The number of nitrogens with one attached hydrogen (secondary N) is 1. The van der Waals surface area contributed by atoms with Crippen molar-refractivity contribution in [3.8, 4) is 6.01 Å². The van der Waals surface area contributed by atoms with Crippen molar-refractivity contribution in [1.82, 2.24) is 30.0 Å². The summed E-state index contributed by atoms with van der Waals surface area (Å²) in [6.07, 6.45) is 3.74. The number of piperazine rings is 1. The van der Waals surface area contributed by atoms with E-state index in [1.54, 1.807) is 0 Å². The second kappa shape index (κ2) is 10.8. The number of aromatic nitrogens is 4. The van der Waals surface area contributed by atoms with Gasteiger partial charge in [0.2, 0.25) is 0 Å². The Balaban J connectivity index is 1.17. The van der Waals surface area contributed by atoms with Gasteiger partial charge >= 0.3 is 6.01 Å². The zero-order valence-electron chi connectivity index (χ0n) is 20.8. The number of hydrogen-bond donors (Lipinski definition) is 3. The maximum absolute atomic E-state index is 12.4. The fourth-order valence-corrected chi connectivity index (χ4v) is 4.60. The van der Waals surface area contributed by atoms with Crippen molar-refractivity contribution < 1.29 is 14.6 Å². The molecular formula is C26H35N7O3. The molecular weight excluding hydrogens is 458 g/mol. The van der Waals surface area contributed by atoms with Gasteiger partial charge in [0, 0.05) is 39.1 Å². The van der Waals surface area contributed by atoms with Crippen molar-refractivity contribution in [2.45, 2.75) is 51.7 Å². The summed E-state index contributed by atoms with van der Waals surface area (Å²) in [5, 5.41) is 17.5. The number of nitrogens with zero attached hydrogens (tertiary/aromatic N) is 5. The number of carbonyl (C=O) groups is 1. The van der Waals surface area contributed by atoms with Crippen molar-refractivity contribution in [1.29, 1.82) is 0 Å². The lowest BCUT2D eigenvalue weighted by molar-refractivity contribution is -0.143. The Labute approximate surface area is 210 Å². The van der Waals surface area contributed by atoms with Gasteiger partial charge in [-0.2, -0.15) is 15.1 Å². The largest absolute Gasteiger partial charge is 0.463 e. The number of aromatic amines is 1. The third-order valence-electron chi connectivity index (χ3n) is 7.02. The van der Waals surface area contributed by atoms with Gasteiger partial charge in [-0.3, -0.25) is 14.8 Å². The lowest BCUT2D eigenvalue weighted by Gasteiger charge is -2.35. The number of carbonyl (C=O) groups excluding carboxylic acids is 1. The second-order valence-corrected chi connectivity index (χ2v) is 9.87. The predicted molar refractivity (Wildman–Crippen MR) is 136 cm³/mol. The zero-order chi connectivity index (χ0) is 25.1. The second-order valence-electron chi connectivity index (χ2n) is 9.87. The summed E-state index contributed by atoms with van der Waals surface area (Å²) in [6.45, 7) is 6.47. The van der Waals surface area contributed by atoms with E-state index in [9.17, 15) is 9.90 Å². The minimum Gasteiger partial charge on any atom is -0.463 e. The number of aliphatic hydroxyl groups is 1. The lowest BCUT2D eigenvalue weighted by Crippen LogP contribution is -2.51. The summed E-state index contributed by atoms with van der Waals surface area (Å²) in [4.78, 5) is 25.3. The summed E-state index contributed by atoms with van der Waals surface area (Å²) >= 11 is 0. The van der Waals surface area contributed by atoms with Gasteiger partial charge in [-0.1, -0.05) is 37.6 Å². The van der Waals surface area contributed by atoms with Crippen LogP contribution in [-0.4, -0.2) is 79.9 Å². The Bertz CT molecular complexity index is 1180. The molecule has 5 rings (SSSR count). The van der Waals surface area contributed by atoms with E-state index >= 15 is 0 Å². The van der Waals surface area contributed by atoms with Crippen LogP contribution in [0.2, 0.25) is 0 Å². The molecule has 36 heavy (non-hydrogen) atoms. The number of fused-ring (bicyclic) bond motifs is 1. The average Bonchev–Trinajstić information content (AvgIpc) is 3.66. The monoisotopic (exact) mass is 493 g/mol. The Morgan fingerprint density at radius 1 is 1.14 bits per heavy atom. The number of anilines is 1. The summed E-state index contributed by atoms with van der Waals surface area (Å²) in [6, 6.07) is 8.82. The molecule has 0 radical (unpaired) electrons. The van der Waals surface area contributed by atoms with Crippen LogP contribution in [0.5, 0.6) is 6.01 Å². The van der Waals surface area contributed by atoms with Crippen molar-refractivity contribution in [2.24, 2.45) is 5.92 Å². The van der Waals surface area contributed by atoms with Crippen LogP contribution >= 0.6 is 0 Å². The number of rotatable bonds is 10. The van der Waals surface area contributed by atoms with Gasteiger partial charge in [-0.05, 0) is 36.3 Å². The molecule has 1 saturated heterocycles. The van der Waals surface area contributed by atoms with E-state index in [1.165, 1.54) is 5.56 Å². The Morgan fingerprint density at radius 2 is 1.86 bits per heavy atom. The van der Waals surface area contributed by atoms with E-state index < -0.39 is 6.10 Å². The van der Waals surface area contributed by atoms with Crippen LogP contribution in [0.25, 0.3) is 11.0 Å². The van der Waals surface area contributed by atoms with Gasteiger partial charge in [0.15, 0.2) is 11.3 Å². The van der Waals surface area contributed by atoms with Gasteiger partial charge in [0.25, 0.3) is 5.91 Å². The standard InChI is InChI=1S/C26H35N7O3/c1-2-3-14-36-26-28-21-20(30-31-22(21)24(27)29-26)15-17-4-6-18(7-5-17)16-32-10-12-33(13-11-32)25(35)23(34)19-8-9-19/h4-7,19,23,34H,2-3,8-16H2,1H3,(H,30,31)(H2,27,28,29)/t23-/m1/s1. The molecule has 4 N–H and O–H groups in total. The number of unbranched alkanes of at least 4 members (excludes halogenated alkanes) is 1. The number of amides is 1. The van der Waals surface area contributed by atoms with Crippen molar-refractivity contribution in [2.75, 3.05) is 38.5 Å². The van der Waals surface area contributed by atoms with E-state index in [4.69, 9.17) is 10.5 Å². The van der Waals surface area contributed by atoms with Crippen LogP contribution in [0, 0.1) is 5.92 Å². The molecule has 1 amide bonds. The predicted octanol–water partition coefficient (Wildman–Crippen LogP) is 2.12. The van der Waals surface area contributed by atoms with E-state index in [0.29, 0.717) is 43.0 Å². The highest BCUT2D eigenvalue weighted by Crippen LogP contribution is 2.33. The highest BCUT2D eigenvalue weighted by atomic mass is 16.5. The minimum atomic E-state index is -0.806. The first-order chi connectivity index (χ1) is 17.5. The molecule has 2 fully saturated rings. The molecule has 3 aromatic rings. The van der Waals surface area contributed by atoms with Gasteiger partial charge < -0.3 is 20.5 Å². The summed E-state index contributed by atoms with van der Waals surface area (Å²) < 4.78 is 5.66. The number of benzene rings is 1. The van der Waals surface area contributed by atoms with Gasteiger partial charge in [0.05, 0.1) is 12.3 Å². The summed E-state index contributed by atoms with van der Waals surface area (Å²) in [7, 11) is 0. The number of aliphatic hydroxyl groups excluding tert-OH is 1. The zero-order valence-corrected chi connectivity index (χ0v) is 20.8. The highest BCUT2D eigenvalue weighted by Gasteiger charge is 2.37. The molecule has 0 spiro atoms. The van der Waals surface area contributed by atoms with Crippen LogP contribution < -0.4 is 10.5 Å². The van der Waals surface area contributed by atoms with E-state index in [1.807, 2.05) is 4.90 Å². The molecule has 0 unspecified atom stereocenters. The first-order valence-corrected chi connectivity index (χ1v) is 12.9. The van der Waals surface area contributed by atoms with Crippen molar-refractivity contribution >= 4 is 22.8 Å². The molecule has 1 atom stereocenters. The molecule has 2 aliphatic rings. The molecule has 1 saturated carbocycles.